The van der Waals surface area contributed by atoms with Crippen LogP contribution in [0, 0.1) is 0 Å². The van der Waals surface area contributed by atoms with Crippen LogP contribution in [0.3, 0.4) is 0 Å². The summed E-state index contributed by atoms with van der Waals surface area (Å²) in [6, 6.07) is 61.1. The van der Waals surface area contributed by atoms with Gasteiger partial charge in [-0.1, -0.05) is 154 Å². The number of nitrogens with zero attached hydrogens (tertiary/aromatic N) is 1. The summed E-state index contributed by atoms with van der Waals surface area (Å²) in [4.78, 5) is 0. The maximum Gasteiger partial charge on any atom is 0.0543 e. The van der Waals surface area contributed by atoms with Gasteiger partial charge in [0, 0.05) is 16.6 Å². The minimum atomic E-state index is 0.0125. The smallest absolute Gasteiger partial charge is 0.0543 e. The van der Waals surface area contributed by atoms with E-state index in [1.165, 1.54) is 99.3 Å². The van der Waals surface area contributed by atoms with Gasteiger partial charge in [-0.15, -0.1) is 0 Å². The molecule has 55 heavy (non-hydrogen) atoms. The van der Waals surface area contributed by atoms with Gasteiger partial charge in [0.15, 0.2) is 0 Å². The van der Waals surface area contributed by atoms with E-state index < -0.39 is 0 Å². The van der Waals surface area contributed by atoms with Gasteiger partial charge in [-0.05, 0) is 138 Å². The minimum Gasteiger partial charge on any atom is -0.309 e. The summed E-state index contributed by atoms with van der Waals surface area (Å²) >= 11 is 0. The standard InChI is InChI=1S/C54H43N/c1-5-14-51-53(40-19-12-18-36(32-40)44-23-13-24-47-43-20-9-6-17-39(43)33-48(44)47)49-34-41(54(2,3)4)27-30-50(49)55(51)42-28-25-35(26-29-42)52-45-21-10-7-15-37(45)31-38-16-8-11-22-46(38)52/h5-32,34H,33H2,1-4H3/b14-5-. The van der Waals surface area contributed by atoms with Gasteiger partial charge in [-0.2, -0.15) is 0 Å². The number of fused-ring (bicyclic) bond motifs is 6. The Balaban J connectivity index is 1.17. The predicted molar refractivity (Wildman–Crippen MR) is 236 cm³/mol. The Morgan fingerprint density at radius 1 is 0.509 bits per heavy atom. The lowest BCUT2D eigenvalue weighted by atomic mass is 9.85. The highest BCUT2D eigenvalue weighted by molar-refractivity contribution is 6.12. The summed E-state index contributed by atoms with van der Waals surface area (Å²) in [5.41, 5.74) is 18.0. The number of aromatic nitrogens is 1. The van der Waals surface area contributed by atoms with Crippen LogP contribution in [0.4, 0.5) is 0 Å². The van der Waals surface area contributed by atoms with Crippen LogP contribution in [0.5, 0.6) is 0 Å². The topological polar surface area (TPSA) is 4.93 Å². The van der Waals surface area contributed by atoms with Crippen LogP contribution in [-0.2, 0) is 11.8 Å². The zero-order valence-corrected chi connectivity index (χ0v) is 31.9. The molecule has 0 aliphatic heterocycles. The number of hydrogen-bond donors (Lipinski definition) is 0. The molecule has 0 radical (unpaired) electrons. The van der Waals surface area contributed by atoms with E-state index in [0.29, 0.717) is 0 Å². The molecule has 0 fully saturated rings. The van der Waals surface area contributed by atoms with Gasteiger partial charge in [0.25, 0.3) is 0 Å². The van der Waals surface area contributed by atoms with Crippen molar-refractivity contribution in [1.82, 2.24) is 4.57 Å². The average molecular weight is 706 g/mol. The molecule has 9 aromatic rings. The van der Waals surface area contributed by atoms with Crippen molar-refractivity contribution >= 4 is 38.5 Å². The molecular formula is C54H43N. The van der Waals surface area contributed by atoms with Gasteiger partial charge in [-0.3, -0.25) is 0 Å². The highest BCUT2D eigenvalue weighted by Crippen LogP contribution is 2.45. The van der Waals surface area contributed by atoms with E-state index in [-0.39, 0.29) is 5.41 Å². The third-order valence-electron chi connectivity index (χ3n) is 11.7. The predicted octanol–water partition coefficient (Wildman–Crippen LogP) is 14.8. The normalized spacial score (nSPS) is 12.6. The van der Waals surface area contributed by atoms with E-state index in [9.17, 15) is 0 Å². The van der Waals surface area contributed by atoms with Gasteiger partial charge in [0.05, 0.1) is 11.2 Å². The molecule has 0 saturated heterocycles. The van der Waals surface area contributed by atoms with Gasteiger partial charge in [-0.25, -0.2) is 0 Å². The average Bonchev–Trinajstić information content (AvgIpc) is 3.75. The molecule has 1 heterocycles. The van der Waals surface area contributed by atoms with Crippen LogP contribution < -0.4 is 0 Å². The van der Waals surface area contributed by atoms with Crippen molar-refractivity contribution in [3.63, 3.8) is 0 Å². The third-order valence-corrected chi connectivity index (χ3v) is 11.7. The molecule has 0 N–H and O–H groups in total. The second-order valence-electron chi connectivity index (χ2n) is 16.1. The zero-order chi connectivity index (χ0) is 37.3. The molecular weight excluding hydrogens is 663 g/mol. The van der Waals surface area contributed by atoms with Crippen LogP contribution in [0.25, 0.3) is 88.7 Å². The summed E-state index contributed by atoms with van der Waals surface area (Å²) in [6.07, 6.45) is 5.44. The van der Waals surface area contributed by atoms with Crippen molar-refractivity contribution in [1.29, 1.82) is 0 Å². The van der Waals surface area contributed by atoms with E-state index in [0.717, 1.165) is 12.1 Å². The van der Waals surface area contributed by atoms with Crippen LogP contribution in [-0.4, -0.2) is 4.57 Å². The monoisotopic (exact) mass is 705 g/mol. The van der Waals surface area contributed by atoms with Gasteiger partial charge < -0.3 is 4.57 Å². The van der Waals surface area contributed by atoms with Crippen molar-refractivity contribution in [2.75, 3.05) is 0 Å². The lowest BCUT2D eigenvalue weighted by molar-refractivity contribution is 0.591. The van der Waals surface area contributed by atoms with E-state index in [4.69, 9.17) is 0 Å². The molecule has 264 valence electrons. The second kappa shape index (κ2) is 12.9. The number of hydrogen-bond acceptors (Lipinski definition) is 0. The fourth-order valence-electron chi connectivity index (χ4n) is 9.05. The quantitative estimate of drug-likeness (QED) is 0.157. The molecule has 0 spiro atoms. The summed E-state index contributed by atoms with van der Waals surface area (Å²) in [7, 11) is 0. The molecule has 0 atom stereocenters. The Kier molecular flexibility index (Phi) is 7.75. The van der Waals surface area contributed by atoms with Crippen molar-refractivity contribution < 1.29 is 0 Å². The van der Waals surface area contributed by atoms with Crippen LogP contribution in [0.2, 0.25) is 0 Å². The number of rotatable bonds is 5. The van der Waals surface area contributed by atoms with Crippen LogP contribution in [0.1, 0.15) is 50.1 Å². The second-order valence-corrected chi connectivity index (χ2v) is 16.1. The first kappa shape index (κ1) is 33.2. The summed E-state index contributed by atoms with van der Waals surface area (Å²) in [5, 5.41) is 6.35. The molecule has 1 aliphatic rings. The first-order valence-electron chi connectivity index (χ1n) is 19.5. The third kappa shape index (κ3) is 5.45. The van der Waals surface area contributed by atoms with Gasteiger partial charge in [0.2, 0.25) is 0 Å². The fourth-order valence-corrected chi connectivity index (χ4v) is 9.05. The van der Waals surface area contributed by atoms with Crippen molar-refractivity contribution in [3.05, 3.63) is 192 Å². The number of benzene rings is 8. The first-order chi connectivity index (χ1) is 26.9. The molecule has 0 unspecified atom stereocenters. The van der Waals surface area contributed by atoms with Crippen LogP contribution >= 0.6 is 0 Å². The molecule has 0 saturated carbocycles. The molecule has 0 bridgehead atoms. The van der Waals surface area contributed by atoms with Gasteiger partial charge >= 0.3 is 0 Å². The zero-order valence-electron chi connectivity index (χ0n) is 31.9. The Morgan fingerprint density at radius 2 is 1.16 bits per heavy atom. The van der Waals surface area contributed by atoms with Gasteiger partial charge in [0.1, 0.15) is 0 Å². The highest BCUT2D eigenvalue weighted by Gasteiger charge is 2.24. The lowest BCUT2D eigenvalue weighted by Crippen LogP contribution is -2.10. The SMILES string of the molecule is C/C=C\c1c(-c2cccc(-c3cccc4c3Cc3ccccc3-4)c2)c2cc(C(C)(C)C)ccc2n1-c1ccc(-c2c3ccccc3cc3ccccc23)cc1. The Bertz CT molecular complexity index is 2930. The Hall–Kier alpha value is -6.44. The molecule has 1 nitrogen and oxygen atoms in total. The summed E-state index contributed by atoms with van der Waals surface area (Å²) < 4.78 is 2.46. The van der Waals surface area contributed by atoms with Crippen molar-refractivity contribution in [3.8, 4) is 50.2 Å². The molecule has 10 rings (SSSR count). The first-order valence-corrected chi connectivity index (χ1v) is 19.5. The summed E-state index contributed by atoms with van der Waals surface area (Å²) in [6.45, 7) is 9.05. The summed E-state index contributed by atoms with van der Waals surface area (Å²) in [5.74, 6) is 0. The number of allylic oxidation sites excluding steroid dienone is 1. The fraction of sp³-hybridized carbons (Fsp3) is 0.111. The van der Waals surface area contributed by atoms with Crippen molar-refractivity contribution in [2.24, 2.45) is 0 Å². The maximum absolute atomic E-state index is 2.46. The molecule has 0 amide bonds. The highest BCUT2D eigenvalue weighted by atomic mass is 15.0. The van der Waals surface area contributed by atoms with Crippen LogP contribution in [0.15, 0.2) is 170 Å². The largest absolute Gasteiger partial charge is 0.309 e. The maximum atomic E-state index is 2.46. The minimum absolute atomic E-state index is 0.0125. The molecule has 1 heteroatoms. The molecule has 1 aliphatic carbocycles. The van der Waals surface area contributed by atoms with E-state index >= 15 is 0 Å². The Morgan fingerprint density at radius 3 is 1.91 bits per heavy atom. The Labute approximate surface area is 323 Å². The van der Waals surface area contributed by atoms with E-state index in [2.05, 4.69) is 208 Å². The lowest BCUT2D eigenvalue weighted by Gasteiger charge is -2.19. The van der Waals surface area contributed by atoms with Crippen molar-refractivity contribution in [2.45, 2.75) is 39.5 Å². The van der Waals surface area contributed by atoms with E-state index in [1.807, 2.05) is 0 Å². The van der Waals surface area contributed by atoms with E-state index in [1.54, 1.807) is 0 Å². The molecule has 8 aromatic carbocycles. The molecule has 1 aromatic heterocycles.